The monoisotopic (exact) mass is 1020 g/mol. The minimum absolute atomic E-state index is 0.189. The van der Waals surface area contributed by atoms with Gasteiger partial charge in [0.1, 0.15) is 18.7 Å². The summed E-state index contributed by atoms with van der Waals surface area (Å²) >= 11 is 0. The fourth-order valence-corrected chi connectivity index (χ4v) is 12.5. The molecule has 1 spiro atoms. The number of nitrogens with zero attached hydrogens (tertiary/aromatic N) is 4. The third-order valence-electron chi connectivity index (χ3n) is 16.0. The number of aromatic nitrogens is 2. The van der Waals surface area contributed by atoms with Crippen molar-refractivity contribution in [2.24, 2.45) is 9.98 Å². The van der Waals surface area contributed by atoms with E-state index in [4.69, 9.17) is 4.99 Å². The summed E-state index contributed by atoms with van der Waals surface area (Å²) in [6.45, 7) is 10.8. The van der Waals surface area contributed by atoms with Crippen LogP contribution in [0.15, 0.2) is 277 Å². The number of hydrogen-bond acceptors (Lipinski definition) is 2. The van der Waals surface area contributed by atoms with Crippen molar-refractivity contribution in [3.8, 4) is 27.9 Å². The summed E-state index contributed by atoms with van der Waals surface area (Å²) in [5.41, 5.74) is 23.1. The molecule has 2 aromatic heterocycles. The Bertz CT molecular complexity index is 4390. The number of para-hydroxylation sites is 3. The molecule has 0 saturated carbocycles. The number of benzene rings is 11. The molecule has 15 rings (SSSR count). The quantitative estimate of drug-likeness (QED) is 0.125. The molecule has 1 N–H and O–H groups in total. The molecule has 11 aromatic carbocycles. The molecule has 2 aliphatic rings. The van der Waals surface area contributed by atoms with Crippen LogP contribution in [0, 0.1) is 20.8 Å². The summed E-state index contributed by atoms with van der Waals surface area (Å²) in [6.07, 6.45) is -0.287. The van der Waals surface area contributed by atoms with E-state index in [1.54, 1.807) is 0 Å². The second-order valence-corrected chi connectivity index (χ2v) is 20.7. The Labute approximate surface area is 462 Å². The Morgan fingerprint density at radius 1 is 0.443 bits per heavy atom. The van der Waals surface area contributed by atoms with E-state index in [1.165, 1.54) is 110 Å². The van der Waals surface area contributed by atoms with Crippen molar-refractivity contribution in [1.82, 2.24) is 14.5 Å². The highest BCUT2D eigenvalue weighted by Crippen LogP contribution is 2.63. The van der Waals surface area contributed by atoms with Gasteiger partial charge in [-0.05, 0) is 131 Å². The van der Waals surface area contributed by atoms with E-state index in [9.17, 15) is 0 Å². The third-order valence-corrected chi connectivity index (χ3v) is 16.0. The standard InChI is InChI=1S/C29H26N4.C26H18.C19H15N/c1-21-17-18-25-24-15-9-10-16-26(24)33(27(25)19-21)20-31-29(23-13-7-4-8-14-23)32-28(30-2)22-11-5-3-6-12-22;1-17-9-8-16-24-25(17)20-12-4-7-15-23(20)26(24)21-13-5-2-10-18(21)19-11-3-6-14-22(19)26;1-14-11-12-19-17(13-14)16-9-5-6-10-18(16)20(19)15-7-3-2-4-8-15/h3-19,28H,2,20H2,1H3,(H,31,32);2-16H,1H3;2-13H,1H3. The molecule has 0 amide bonds. The highest BCUT2D eigenvalue weighted by molar-refractivity contribution is 6.10. The van der Waals surface area contributed by atoms with Gasteiger partial charge >= 0.3 is 0 Å². The maximum atomic E-state index is 5.06. The Morgan fingerprint density at radius 3 is 1.63 bits per heavy atom. The molecule has 0 bridgehead atoms. The van der Waals surface area contributed by atoms with E-state index < -0.39 is 0 Å². The van der Waals surface area contributed by atoms with Crippen molar-refractivity contribution in [3.63, 3.8) is 0 Å². The maximum absolute atomic E-state index is 5.06. The van der Waals surface area contributed by atoms with E-state index in [1.807, 2.05) is 48.5 Å². The lowest BCUT2D eigenvalue weighted by Gasteiger charge is -2.30. The first kappa shape index (κ1) is 48.8. The zero-order chi connectivity index (χ0) is 53.5. The van der Waals surface area contributed by atoms with Crippen LogP contribution in [0.4, 0.5) is 0 Å². The van der Waals surface area contributed by atoms with Crippen LogP contribution in [0.3, 0.4) is 0 Å². The van der Waals surface area contributed by atoms with Gasteiger partial charge in [0.2, 0.25) is 0 Å². The molecule has 0 radical (unpaired) electrons. The van der Waals surface area contributed by atoms with Crippen LogP contribution < -0.4 is 5.32 Å². The van der Waals surface area contributed by atoms with Crippen molar-refractivity contribution in [1.29, 1.82) is 0 Å². The van der Waals surface area contributed by atoms with Crippen molar-refractivity contribution < 1.29 is 0 Å². The number of fused-ring (bicyclic) bond motifs is 16. The number of amidine groups is 1. The molecule has 5 heteroatoms. The molecule has 1 atom stereocenters. The first-order chi connectivity index (χ1) is 38.9. The zero-order valence-electron chi connectivity index (χ0n) is 44.7. The van der Waals surface area contributed by atoms with E-state index in [-0.39, 0.29) is 11.6 Å². The molecular weight excluding hydrogens is 959 g/mol. The largest absolute Gasteiger partial charge is 0.345 e. The minimum Gasteiger partial charge on any atom is -0.345 e. The summed E-state index contributed by atoms with van der Waals surface area (Å²) in [4.78, 5) is 9.39. The van der Waals surface area contributed by atoms with Crippen LogP contribution in [0.25, 0.3) is 71.6 Å². The number of rotatable bonds is 7. The van der Waals surface area contributed by atoms with E-state index in [0.717, 1.165) is 17.0 Å². The molecular formula is C74H59N5. The first-order valence-corrected chi connectivity index (χ1v) is 27.2. The van der Waals surface area contributed by atoms with Gasteiger partial charge in [-0.3, -0.25) is 4.99 Å². The Balaban J connectivity index is 0.000000116. The van der Waals surface area contributed by atoms with Gasteiger partial charge in [-0.25, -0.2) is 4.99 Å². The molecule has 2 heterocycles. The molecule has 0 fully saturated rings. The minimum atomic E-state index is -0.287. The predicted octanol–water partition coefficient (Wildman–Crippen LogP) is 17.9. The van der Waals surface area contributed by atoms with Gasteiger partial charge in [0.25, 0.3) is 0 Å². The topological polar surface area (TPSA) is 46.6 Å². The van der Waals surface area contributed by atoms with Gasteiger partial charge in [0.15, 0.2) is 0 Å². The molecule has 79 heavy (non-hydrogen) atoms. The van der Waals surface area contributed by atoms with Gasteiger partial charge in [-0.15, -0.1) is 0 Å². The van der Waals surface area contributed by atoms with Crippen LogP contribution in [-0.2, 0) is 12.1 Å². The SMILES string of the molecule is C=NC(N/C(=N\Cn1c2ccccc2c2ccc(C)cc21)c1ccccc1)c1ccccc1.Cc1ccc2c(c1)c1ccccc1n2-c1ccccc1.Cc1cccc2c1-c1ccccc1C21c2ccccc2-c2ccccc21. The summed E-state index contributed by atoms with van der Waals surface area (Å²) in [5.74, 6) is 0.787. The number of hydrogen-bond donors (Lipinski definition) is 1. The van der Waals surface area contributed by atoms with Crippen molar-refractivity contribution in [2.45, 2.75) is 39.0 Å². The molecule has 1 unspecified atom stereocenters. The highest BCUT2D eigenvalue weighted by atomic mass is 15.2. The first-order valence-electron chi connectivity index (χ1n) is 27.2. The highest BCUT2D eigenvalue weighted by Gasteiger charge is 2.51. The third kappa shape index (κ3) is 8.43. The van der Waals surface area contributed by atoms with Crippen LogP contribution in [0.1, 0.15) is 56.2 Å². The van der Waals surface area contributed by atoms with Gasteiger partial charge < -0.3 is 14.5 Å². The van der Waals surface area contributed by atoms with E-state index in [0.29, 0.717) is 6.67 Å². The van der Waals surface area contributed by atoms with Gasteiger partial charge in [0, 0.05) is 32.8 Å². The van der Waals surface area contributed by atoms with E-state index >= 15 is 0 Å². The Morgan fingerprint density at radius 2 is 0.949 bits per heavy atom. The van der Waals surface area contributed by atoms with Crippen molar-refractivity contribution in [3.05, 3.63) is 317 Å². The van der Waals surface area contributed by atoms with Gasteiger partial charge in [0.05, 0.1) is 27.5 Å². The number of nitrogens with one attached hydrogen (secondary N) is 1. The second kappa shape index (κ2) is 20.6. The normalized spacial score (nSPS) is 13.0. The Hall–Kier alpha value is -9.84. The summed E-state index contributed by atoms with van der Waals surface area (Å²) in [6, 6.07) is 94.9. The lowest BCUT2D eigenvalue weighted by molar-refractivity contribution is 0.679. The second-order valence-electron chi connectivity index (χ2n) is 20.7. The molecule has 0 saturated heterocycles. The van der Waals surface area contributed by atoms with Crippen molar-refractivity contribution in [2.75, 3.05) is 0 Å². The molecule has 5 nitrogen and oxygen atoms in total. The van der Waals surface area contributed by atoms with E-state index in [2.05, 4.69) is 265 Å². The lowest BCUT2D eigenvalue weighted by Crippen LogP contribution is -2.28. The average molecular weight is 1020 g/mol. The predicted molar refractivity (Wildman–Crippen MR) is 332 cm³/mol. The van der Waals surface area contributed by atoms with Gasteiger partial charge in [-0.2, -0.15) is 0 Å². The van der Waals surface area contributed by atoms with Gasteiger partial charge in [-0.1, -0.05) is 230 Å². The molecule has 2 aliphatic carbocycles. The van der Waals surface area contributed by atoms with Crippen LogP contribution in [0.5, 0.6) is 0 Å². The van der Waals surface area contributed by atoms with Crippen LogP contribution in [0.2, 0.25) is 0 Å². The maximum Gasteiger partial charge on any atom is 0.145 e. The molecule has 380 valence electrons. The summed E-state index contributed by atoms with van der Waals surface area (Å²) in [7, 11) is 0. The van der Waals surface area contributed by atoms with Crippen LogP contribution >= 0.6 is 0 Å². The number of aliphatic imine (C=N–C) groups is 2. The van der Waals surface area contributed by atoms with Crippen molar-refractivity contribution >= 4 is 56.2 Å². The summed E-state index contributed by atoms with van der Waals surface area (Å²) < 4.78 is 4.62. The molecule has 0 aliphatic heterocycles. The lowest BCUT2D eigenvalue weighted by atomic mass is 9.70. The zero-order valence-corrected chi connectivity index (χ0v) is 44.7. The average Bonchev–Trinajstić information content (AvgIpc) is 4.25. The fourth-order valence-electron chi connectivity index (χ4n) is 12.5. The number of aryl methyl sites for hydroxylation is 3. The fraction of sp³-hybridized carbons (Fsp3) is 0.0811. The molecule has 13 aromatic rings. The smallest absolute Gasteiger partial charge is 0.145 e. The van der Waals surface area contributed by atoms with Crippen LogP contribution in [-0.4, -0.2) is 21.7 Å². The summed E-state index contributed by atoms with van der Waals surface area (Å²) in [5, 5.41) is 8.64. The Kier molecular flexibility index (Phi) is 12.7.